The van der Waals surface area contributed by atoms with Crippen molar-refractivity contribution in [1.82, 2.24) is 14.6 Å². The summed E-state index contributed by atoms with van der Waals surface area (Å²) in [6.45, 7) is 3.58. The summed E-state index contributed by atoms with van der Waals surface area (Å²) >= 11 is 0. The van der Waals surface area contributed by atoms with Gasteiger partial charge in [-0.25, -0.2) is 14.3 Å². The van der Waals surface area contributed by atoms with Crippen molar-refractivity contribution in [1.29, 1.82) is 0 Å². The molecule has 36 heavy (non-hydrogen) atoms. The Balaban J connectivity index is 1.67. The summed E-state index contributed by atoms with van der Waals surface area (Å²) in [5.74, 6) is -1.63. The van der Waals surface area contributed by atoms with Crippen molar-refractivity contribution < 1.29 is 32.2 Å². The van der Waals surface area contributed by atoms with Gasteiger partial charge in [0.25, 0.3) is 5.91 Å². The number of hydrogen-bond acceptors (Lipinski definition) is 6. The largest absolute Gasteiger partial charge is 0.496 e. The number of nitrogens with zero attached hydrogens (tertiary/aromatic N) is 3. The second-order valence-electron chi connectivity index (χ2n) is 7.69. The third-order valence-corrected chi connectivity index (χ3v) is 5.36. The second kappa shape index (κ2) is 9.68. The zero-order valence-corrected chi connectivity index (χ0v) is 19.5. The van der Waals surface area contributed by atoms with Crippen LogP contribution < -0.4 is 10.1 Å². The average molecular weight is 498 g/mol. The standard InChI is InChI=1S/C25H21F3N4O4/c1-4-36-24(34)21-14(2)31-32-19(10-11-29-22(21)32)15-6-5-7-17(12-15)30-23(33)16-8-9-20(35-3)18(13-16)25(26,27)28/h5-13H,4H2,1-3H3,(H,30,33). The molecule has 1 amide bonds. The number of benzene rings is 2. The number of alkyl halides is 3. The van der Waals surface area contributed by atoms with Gasteiger partial charge in [-0.1, -0.05) is 12.1 Å². The topological polar surface area (TPSA) is 94.8 Å². The SMILES string of the molecule is CCOC(=O)c1c(C)nn2c(-c3cccc(NC(=O)c4ccc(OC)c(C(F)(F)F)c4)c3)ccnc12. The molecule has 2 heterocycles. The lowest BCUT2D eigenvalue weighted by molar-refractivity contribution is -0.138. The molecule has 0 saturated carbocycles. The number of ether oxygens (including phenoxy) is 2. The predicted molar refractivity (Wildman–Crippen MR) is 125 cm³/mol. The summed E-state index contributed by atoms with van der Waals surface area (Å²) in [5.41, 5.74) is 1.35. The summed E-state index contributed by atoms with van der Waals surface area (Å²) in [5, 5.41) is 7.05. The molecule has 4 rings (SSSR count). The molecule has 8 nitrogen and oxygen atoms in total. The van der Waals surface area contributed by atoms with E-state index in [9.17, 15) is 22.8 Å². The minimum Gasteiger partial charge on any atom is -0.496 e. The van der Waals surface area contributed by atoms with E-state index in [0.29, 0.717) is 28.3 Å². The number of fused-ring (bicyclic) bond motifs is 1. The van der Waals surface area contributed by atoms with Gasteiger partial charge in [0.05, 0.1) is 30.7 Å². The molecule has 0 bridgehead atoms. The van der Waals surface area contributed by atoms with E-state index < -0.39 is 23.6 Å². The van der Waals surface area contributed by atoms with E-state index in [2.05, 4.69) is 15.4 Å². The van der Waals surface area contributed by atoms with E-state index in [1.165, 1.54) is 16.8 Å². The minimum absolute atomic E-state index is 0.179. The molecule has 0 spiro atoms. The Kier molecular flexibility index (Phi) is 6.65. The number of hydrogen-bond donors (Lipinski definition) is 1. The maximum absolute atomic E-state index is 13.3. The normalized spacial score (nSPS) is 11.4. The van der Waals surface area contributed by atoms with E-state index in [0.717, 1.165) is 19.2 Å². The second-order valence-corrected chi connectivity index (χ2v) is 7.69. The van der Waals surface area contributed by atoms with Gasteiger partial charge in [-0.3, -0.25) is 4.79 Å². The van der Waals surface area contributed by atoms with Gasteiger partial charge in [0.1, 0.15) is 11.3 Å². The first-order chi connectivity index (χ1) is 17.1. The van der Waals surface area contributed by atoms with Crippen LogP contribution in [0.15, 0.2) is 54.7 Å². The van der Waals surface area contributed by atoms with Gasteiger partial charge >= 0.3 is 12.1 Å². The van der Waals surface area contributed by atoms with Gasteiger partial charge in [0.15, 0.2) is 5.65 Å². The van der Waals surface area contributed by atoms with E-state index >= 15 is 0 Å². The molecule has 4 aromatic rings. The lowest BCUT2D eigenvalue weighted by Crippen LogP contribution is -2.15. The lowest BCUT2D eigenvalue weighted by atomic mass is 10.1. The number of anilines is 1. The fraction of sp³-hybridized carbons (Fsp3) is 0.200. The van der Waals surface area contributed by atoms with Crippen LogP contribution in [0, 0.1) is 6.92 Å². The zero-order chi connectivity index (χ0) is 26.0. The molecular formula is C25H21F3N4O4. The van der Waals surface area contributed by atoms with Gasteiger partial charge in [-0.15, -0.1) is 0 Å². The highest BCUT2D eigenvalue weighted by Gasteiger charge is 2.35. The van der Waals surface area contributed by atoms with Crippen LogP contribution in [0.4, 0.5) is 18.9 Å². The monoisotopic (exact) mass is 498 g/mol. The van der Waals surface area contributed by atoms with Crippen LogP contribution in [0.2, 0.25) is 0 Å². The first kappa shape index (κ1) is 24.7. The Morgan fingerprint density at radius 1 is 1.11 bits per heavy atom. The van der Waals surface area contributed by atoms with Crippen molar-refractivity contribution >= 4 is 23.2 Å². The molecule has 0 atom stereocenters. The fourth-order valence-corrected chi connectivity index (χ4v) is 3.74. The van der Waals surface area contributed by atoms with Crippen LogP contribution in [0.25, 0.3) is 16.9 Å². The Morgan fingerprint density at radius 3 is 2.58 bits per heavy atom. The molecule has 0 aliphatic carbocycles. The fourth-order valence-electron chi connectivity index (χ4n) is 3.74. The number of esters is 1. The smallest absolute Gasteiger partial charge is 0.419 e. The van der Waals surface area contributed by atoms with Crippen LogP contribution in [0.3, 0.4) is 0 Å². The third kappa shape index (κ3) is 4.72. The first-order valence-corrected chi connectivity index (χ1v) is 10.8. The maximum Gasteiger partial charge on any atom is 0.419 e. The Morgan fingerprint density at radius 2 is 1.89 bits per heavy atom. The predicted octanol–water partition coefficient (Wildman–Crippen LogP) is 5.16. The highest BCUT2D eigenvalue weighted by atomic mass is 19.4. The Labute approximate surface area is 203 Å². The molecule has 2 aromatic heterocycles. The van der Waals surface area contributed by atoms with Crippen molar-refractivity contribution in [3.63, 3.8) is 0 Å². The number of nitrogens with one attached hydrogen (secondary N) is 1. The van der Waals surface area contributed by atoms with E-state index in [4.69, 9.17) is 9.47 Å². The van der Waals surface area contributed by atoms with E-state index in [1.54, 1.807) is 44.2 Å². The molecule has 11 heteroatoms. The molecule has 0 fully saturated rings. The number of amides is 1. The number of aryl methyl sites for hydroxylation is 1. The van der Waals surface area contributed by atoms with E-state index in [-0.39, 0.29) is 23.5 Å². The van der Waals surface area contributed by atoms with Crippen molar-refractivity contribution in [3.05, 3.63) is 77.1 Å². The number of rotatable bonds is 6. The highest BCUT2D eigenvalue weighted by Crippen LogP contribution is 2.37. The van der Waals surface area contributed by atoms with Crippen molar-refractivity contribution in [2.24, 2.45) is 0 Å². The van der Waals surface area contributed by atoms with Gasteiger partial charge < -0.3 is 14.8 Å². The Bertz CT molecular complexity index is 1460. The summed E-state index contributed by atoms with van der Waals surface area (Å²) in [4.78, 5) is 29.4. The molecule has 2 aromatic carbocycles. The first-order valence-electron chi connectivity index (χ1n) is 10.8. The van der Waals surface area contributed by atoms with Crippen LogP contribution in [-0.4, -0.2) is 40.2 Å². The molecule has 0 radical (unpaired) electrons. The quantitative estimate of drug-likeness (QED) is 0.369. The Hall–Kier alpha value is -4.41. The van der Waals surface area contributed by atoms with Crippen molar-refractivity contribution in [2.45, 2.75) is 20.0 Å². The molecule has 0 aliphatic heterocycles. The van der Waals surface area contributed by atoms with Crippen LogP contribution in [-0.2, 0) is 10.9 Å². The van der Waals surface area contributed by atoms with E-state index in [1.807, 2.05) is 0 Å². The molecule has 0 unspecified atom stereocenters. The molecule has 1 N–H and O–H groups in total. The van der Waals surface area contributed by atoms with Gasteiger partial charge in [-0.2, -0.15) is 18.3 Å². The van der Waals surface area contributed by atoms with Crippen LogP contribution >= 0.6 is 0 Å². The summed E-state index contributed by atoms with van der Waals surface area (Å²) < 4.78 is 51.4. The number of carbonyl (C=O) groups excluding carboxylic acids is 2. The minimum atomic E-state index is -4.68. The molecule has 0 aliphatic rings. The summed E-state index contributed by atoms with van der Waals surface area (Å²) in [6, 6.07) is 11.5. The zero-order valence-electron chi connectivity index (χ0n) is 19.5. The highest BCUT2D eigenvalue weighted by molar-refractivity contribution is 6.04. The molecule has 0 saturated heterocycles. The lowest BCUT2D eigenvalue weighted by Gasteiger charge is -2.14. The average Bonchev–Trinajstić information content (AvgIpc) is 3.19. The van der Waals surface area contributed by atoms with Gasteiger partial charge in [0, 0.05) is 23.0 Å². The van der Waals surface area contributed by atoms with Gasteiger partial charge in [-0.05, 0) is 50.2 Å². The maximum atomic E-state index is 13.3. The number of carbonyl (C=O) groups is 2. The van der Waals surface area contributed by atoms with Gasteiger partial charge in [0.2, 0.25) is 0 Å². The van der Waals surface area contributed by atoms with Crippen molar-refractivity contribution in [3.8, 4) is 17.0 Å². The third-order valence-electron chi connectivity index (χ3n) is 5.36. The molecular weight excluding hydrogens is 477 g/mol. The number of aromatic nitrogens is 3. The van der Waals surface area contributed by atoms with Crippen molar-refractivity contribution in [2.75, 3.05) is 19.0 Å². The molecule has 186 valence electrons. The number of halogens is 3. The summed E-state index contributed by atoms with van der Waals surface area (Å²) in [7, 11) is 1.13. The van der Waals surface area contributed by atoms with Crippen LogP contribution in [0.1, 0.15) is 38.9 Å². The summed E-state index contributed by atoms with van der Waals surface area (Å²) in [6.07, 6.45) is -3.16. The number of methoxy groups -OCH3 is 1. The van der Waals surface area contributed by atoms with Crippen LogP contribution in [0.5, 0.6) is 5.75 Å².